The second-order valence-electron chi connectivity index (χ2n) is 17.5. The molecule has 2 saturated heterocycles. The maximum absolute atomic E-state index is 12.3. The Bertz CT molecular complexity index is 2590. The standard InChI is InChI=1S/C28H33ClO9.C27H31ClO8/c1-7-24-25(35-16(2)30)26(36-17(3)31)27(37-18(4)32)28(34-6,38-24)21-10-13-23(29)20(15-21)14-19-8-11-22(33-5)12-9-19;1-6-23-25(33-15(2)29)27(35-17(4)31)26(34-16(3)30)24(36-23)19-9-12-22(28)20(14-19)13-18-7-10-21(32-5)11-8-18/h8-13,15,24-27H,7,14H2,1-6H3;7-12,14,23-27H,6,13H2,1-5H3/t24-,25-,26+,27-,28+;23-,24+,25-,26+,27+/m11/s1. The molecule has 2 fully saturated rings. The summed E-state index contributed by atoms with van der Waals surface area (Å²) in [4.78, 5) is 72.2. The van der Waals surface area contributed by atoms with Crippen molar-refractivity contribution in [2.45, 2.75) is 142 Å². The highest BCUT2D eigenvalue weighted by Crippen LogP contribution is 2.45. The Morgan fingerprint density at radius 3 is 1.36 bits per heavy atom. The van der Waals surface area contributed by atoms with E-state index < -0.39 is 96.5 Å². The van der Waals surface area contributed by atoms with E-state index in [0.29, 0.717) is 46.9 Å². The van der Waals surface area contributed by atoms with Crippen molar-refractivity contribution in [1.29, 1.82) is 0 Å². The van der Waals surface area contributed by atoms with Crippen LogP contribution in [0.15, 0.2) is 84.9 Å². The average Bonchev–Trinajstić information content (AvgIpc) is 3.35. The Labute approximate surface area is 441 Å². The molecule has 2 aliphatic heterocycles. The van der Waals surface area contributed by atoms with Gasteiger partial charge in [0.05, 0.1) is 20.3 Å². The quantitative estimate of drug-likeness (QED) is 0.0715. The van der Waals surface area contributed by atoms with E-state index in [9.17, 15) is 28.8 Å². The van der Waals surface area contributed by atoms with Crippen molar-refractivity contribution in [3.8, 4) is 11.5 Å². The molecule has 0 amide bonds. The number of benzene rings is 4. The summed E-state index contributed by atoms with van der Waals surface area (Å²) in [5.74, 6) is -3.89. The third kappa shape index (κ3) is 15.0. The van der Waals surface area contributed by atoms with Gasteiger partial charge in [0.1, 0.15) is 23.7 Å². The number of rotatable bonds is 17. The van der Waals surface area contributed by atoms with E-state index in [1.807, 2.05) is 68.4 Å². The van der Waals surface area contributed by atoms with Gasteiger partial charge in [0.15, 0.2) is 30.5 Å². The first-order valence-corrected chi connectivity index (χ1v) is 24.7. The predicted molar refractivity (Wildman–Crippen MR) is 270 cm³/mol. The van der Waals surface area contributed by atoms with Crippen LogP contribution in [0.5, 0.6) is 11.5 Å². The molecule has 4 aromatic rings. The molecule has 6 rings (SSSR count). The maximum atomic E-state index is 12.3. The molecule has 0 N–H and O–H groups in total. The zero-order valence-corrected chi connectivity index (χ0v) is 44.8. The van der Waals surface area contributed by atoms with Gasteiger partial charge in [-0.05, 0) is 96.0 Å². The van der Waals surface area contributed by atoms with Gasteiger partial charge in [0.25, 0.3) is 0 Å². The summed E-state index contributed by atoms with van der Waals surface area (Å²) < 4.78 is 62.7. The Balaban J connectivity index is 0.000000274. The minimum absolute atomic E-state index is 0.375. The molecule has 400 valence electrons. The molecule has 2 heterocycles. The second-order valence-corrected chi connectivity index (χ2v) is 18.4. The molecule has 0 spiro atoms. The van der Waals surface area contributed by atoms with Gasteiger partial charge >= 0.3 is 35.8 Å². The van der Waals surface area contributed by atoms with Crippen molar-refractivity contribution < 1.29 is 80.9 Å². The third-order valence-electron chi connectivity index (χ3n) is 12.2. The normalized spacial score (nSPS) is 24.1. The fraction of sp³-hybridized carbons (Fsp3) is 0.455. The zero-order chi connectivity index (χ0) is 54.4. The lowest BCUT2D eigenvalue weighted by molar-refractivity contribution is -0.365. The molecule has 10 atom stereocenters. The fourth-order valence-electron chi connectivity index (χ4n) is 9.02. The van der Waals surface area contributed by atoms with Gasteiger partial charge < -0.3 is 52.1 Å². The van der Waals surface area contributed by atoms with Crippen molar-refractivity contribution in [1.82, 2.24) is 0 Å². The van der Waals surface area contributed by atoms with Crippen LogP contribution >= 0.6 is 23.2 Å². The fourth-order valence-corrected chi connectivity index (χ4v) is 9.39. The number of carbonyl (C=O) groups excluding carboxylic acids is 6. The van der Waals surface area contributed by atoms with Crippen LogP contribution < -0.4 is 9.47 Å². The van der Waals surface area contributed by atoms with Crippen LogP contribution in [0.3, 0.4) is 0 Å². The van der Waals surface area contributed by atoms with Crippen LogP contribution in [0.4, 0.5) is 0 Å². The highest BCUT2D eigenvalue weighted by atomic mass is 35.5. The summed E-state index contributed by atoms with van der Waals surface area (Å²) in [5.41, 5.74) is 4.77. The minimum Gasteiger partial charge on any atom is -0.497 e. The van der Waals surface area contributed by atoms with Gasteiger partial charge in [-0.1, -0.05) is 79.5 Å². The molecule has 0 aliphatic carbocycles. The molecule has 19 heteroatoms. The number of halogens is 2. The summed E-state index contributed by atoms with van der Waals surface area (Å²) in [6.45, 7) is 11.1. The number of ether oxygens (including phenoxy) is 11. The first kappa shape index (κ1) is 58.6. The molecule has 4 aromatic carbocycles. The molecule has 0 radical (unpaired) electrons. The van der Waals surface area contributed by atoms with Crippen LogP contribution in [0.1, 0.15) is 108 Å². The Morgan fingerprint density at radius 1 is 0.500 bits per heavy atom. The third-order valence-corrected chi connectivity index (χ3v) is 12.9. The number of carbonyl (C=O) groups is 6. The van der Waals surface area contributed by atoms with Crippen molar-refractivity contribution in [2.24, 2.45) is 0 Å². The highest BCUT2D eigenvalue weighted by Gasteiger charge is 2.61. The van der Waals surface area contributed by atoms with E-state index in [1.54, 1.807) is 44.6 Å². The minimum atomic E-state index is -1.71. The molecule has 0 bridgehead atoms. The molecular formula is C55H64Cl2O17. The monoisotopic (exact) mass is 1070 g/mol. The maximum Gasteiger partial charge on any atom is 0.303 e. The molecule has 2 aliphatic rings. The molecule has 0 unspecified atom stereocenters. The SMILES string of the molecule is CC[C@H]1O[C@@H](c2ccc(Cl)c(Cc3ccc(OC)cc3)c2)[C@H](OC(C)=O)[C@@H](OC(C)=O)[C@@H]1OC(C)=O.CC[C@H]1O[C@@](OC)(c2ccc(Cl)c(Cc3ccc(OC)cc3)c2)[C@H](OC(C)=O)[C@@H](OC(C)=O)[C@@H]1OC(C)=O. The lowest BCUT2D eigenvalue weighted by Gasteiger charge is -2.50. The Kier molecular flexibility index (Phi) is 21.3. The van der Waals surface area contributed by atoms with Gasteiger partial charge in [-0.3, -0.25) is 28.8 Å². The van der Waals surface area contributed by atoms with Crippen LogP contribution in [0, 0.1) is 0 Å². The highest BCUT2D eigenvalue weighted by molar-refractivity contribution is 6.31. The molecule has 74 heavy (non-hydrogen) atoms. The van der Waals surface area contributed by atoms with Gasteiger partial charge in [-0.2, -0.15) is 0 Å². The van der Waals surface area contributed by atoms with Crippen LogP contribution in [0.2, 0.25) is 10.0 Å². The number of hydrogen-bond donors (Lipinski definition) is 0. The summed E-state index contributed by atoms with van der Waals surface area (Å²) in [7, 11) is 4.61. The molecule has 0 saturated carbocycles. The lowest BCUT2D eigenvalue weighted by atomic mass is 9.85. The van der Waals surface area contributed by atoms with E-state index in [-0.39, 0.29) is 0 Å². The molecule has 17 nitrogen and oxygen atoms in total. The first-order chi connectivity index (χ1) is 35.2. The van der Waals surface area contributed by atoms with E-state index in [2.05, 4.69) is 0 Å². The van der Waals surface area contributed by atoms with E-state index in [4.69, 9.17) is 75.3 Å². The average molecular weight is 1070 g/mol. The second kappa shape index (κ2) is 26.8. The largest absolute Gasteiger partial charge is 0.497 e. The number of esters is 6. The van der Waals surface area contributed by atoms with Gasteiger partial charge in [0, 0.05) is 64.3 Å². The summed E-state index contributed by atoms with van der Waals surface area (Å²) in [6.07, 6.45) is -6.89. The Hall–Kier alpha value is -6.24. The summed E-state index contributed by atoms with van der Waals surface area (Å²) in [6, 6.07) is 25.8. The lowest BCUT2D eigenvalue weighted by Crippen LogP contribution is -2.66. The van der Waals surface area contributed by atoms with Crippen molar-refractivity contribution in [3.05, 3.63) is 128 Å². The Morgan fingerprint density at radius 2 is 0.919 bits per heavy atom. The predicted octanol–water partition coefficient (Wildman–Crippen LogP) is 8.93. The van der Waals surface area contributed by atoms with E-state index in [1.165, 1.54) is 48.7 Å². The van der Waals surface area contributed by atoms with Crippen molar-refractivity contribution in [3.63, 3.8) is 0 Å². The topological polar surface area (TPSA) is 204 Å². The van der Waals surface area contributed by atoms with Gasteiger partial charge in [0.2, 0.25) is 11.9 Å². The zero-order valence-electron chi connectivity index (χ0n) is 43.3. The van der Waals surface area contributed by atoms with Crippen LogP contribution in [-0.4, -0.2) is 106 Å². The molecular weight excluding hydrogens is 1000 g/mol. The van der Waals surface area contributed by atoms with E-state index >= 15 is 0 Å². The molecule has 0 aromatic heterocycles. The first-order valence-electron chi connectivity index (χ1n) is 23.9. The van der Waals surface area contributed by atoms with Crippen LogP contribution in [-0.2, 0) is 90.0 Å². The van der Waals surface area contributed by atoms with E-state index in [0.717, 1.165) is 33.8 Å². The van der Waals surface area contributed by atoms with Crippen molar-refractivity contribution >= 4 is 59.0 Å². The van der Waals surface area contributed by atoms with Crippen molar-refractivity contribution in [2.75, 3.05) is 21.3 Å². The summed E-state index contributed by atoms with van der Waals surface area (Å²) in [5, 5.41) is 1.08. The summed E-state index contributed by atoms with van der Waals surface area (Å²) >= 11 is 13.1. The van der Waals surface area contributed by atoms with Crippen LogP contribution in [0.25, 0.3) is 0 Å². The van der Waals surface area contributed by atoms with Gasteiger partial charge in [-0.25, -0.2) is 0 Å². The number of hydrogen-bond acceptors (Lipinski definition) is 17. The smallest absolute Gasteiger partial charge is 0.303 e. The van der Waals surface area contributed by atoms with Gasteiger partial charge in [-0.15, -0.1) is 0 Å². The number of methoxy groups -OCH3 is 3.